The van der Waals surface area contributed by atoms with E-state index in [4.69, 9.17) is 0 Å². The average molecular weight is 312 g/mol. The van der Waals surface area contributed by atoms with Crippen LogP contribution in [-0.4, -0.2) is 16.1 Å². The summed E-state index contributed by atoms with van der Waals surface area (Å²) in [5.74, 6) is -0.570. The molecule has 94 valence electrons. The first kappa shape index (κ1) is 12.8. The van der Waals surface area contributed by atoms with Crippen molar-refractivity contribution in [1.29, 1.82) is 0 Å². The number of nitrogens with one attached hydrogen (secondary N) is 2. The summed E-state index contributed by atoms with van der Waals surface area (Å²) >= 11 is 3.31. The zero-order valence-corrected chi connectivity index (χ0v) is 11.2. The average Bonchev–Trinajstić information content (AvgIpc) is 2.76. The van der Waals surface area contributed by atoms with Gasteiger partial charge in [0.05, 0.1) is 11.8 Å². The van der Waals surface area contributed by atoms with E-state index in [0.717, 1.165) is 4.47 Å². The summed E-state index contributed by atoms with van der Waals surface area (Å²) in [6.07, 6.45) is 1.46. The summed E-state index contributed by atoms with van der Waals surface area (Å²) in [5.41, 5.74) is 1.87. The molecule has 0 aliphatic rings. The Hall–Kier alpha value is -1.69. The van der Waals surface area contributed by atoms with Crippen molar-refractivity contribution in [3.63, 3.8) is 0 Å². The maximum atomic E-state index is 13.1. The number of hydrogen-bond acceptors (Lipinski definition) is 2. The van der Waals surface area contributed by atoms with Crippen molar-refractivity contribution in [3.8, 4) is 0 Å². The highest BCUT2D eigenvalue weighted by Crippen LogP contribution is 2.17. The van der Waals surface area contributed by atoms with Crippen molar-refractivity contribution in [2.75, 3.05) is 0 Å². The van der Waals surface area contributed by atoms with Gasteiger partial charge in [0.1, 0.15) is 5.82 Å². The normalized spacial score (nSPS) is 10.4. The Kier molecular flexibility index (Phi) is 3.76. The van der Waals surface area contributed by atoms with Crippen molar-refractivity contribution in [3.05, 3.63) is 51.5 Å². The van der Waals surface area contributed by atoms with Crippen LogP contribution in [-0.2, 0) is 6.54 Å². The Balaban J connectivity index is 2.06. The zero-order chi connectivity index (χ0) is 13.1. The molecule has 0 bridgehead atoms. The van der Waals surface area contributed by atoms with Crippen molar-refractivity contribution < 1.29 is 9.18 Å². The highest BCUT2D eigenvalue weighted by Gasteiger charge is 2.11. The molecule has 0 aliphatic heterocycles. The first-order valence-electron chi connectivity index (χ1n) is 5.30. The lowest BCUT2D eigenvalue weighted by Crippen LogP contribution is -2.23. The number of H-pyrrole nitrogens is 1. The van der Waals surface area contributed by atoms with Crippen LogP contribution >= 0.6 is 15.9 Å². The van der Waals surface area contributed by atoms with Crippen LogP contribution in [0.2, 0.25) is 0 Å². The van der Waals surface area contributed by atoms with Gasteiger partial charge in [-0.15, -0.1) is 0 Å². The van der Waals surface area contributed by atoms with Crippen LogP contribution in [0.1, 0.15) is 21.6 Å². The molecule has 1 aromatic heterocycles. The molecule has 6 heteroatoms. The number of benzene rings is 1. The van der Waals surface area contributed by atoms with E-state index in [1.165, 1.54) is 18.3 Å². The van der Waals surface area contributed by atoms with Crippen LogP contribution < -0.4 is 5.32 Å². The van der Waals surface area contributed by atoms with Gasteiger partial charge in [0.15, 0.2) is 0 Å². The fourth-order valence-corrected chi connectivity index (χ4v) is 1.92. The van der Waals surface area contributed by atoms with Gasteiger partial charge in [0, 0.05) is 16.7 Å². The molecule has 0 unspecified atom stereocenters. The molecule has 2 aromatic rings. The number of halogens is 2. The van der Waals surface area contributed by atoms with Gasteiger partial charge in [-0.3, -0.25) is 9.89 Å². The zero-order valence-electron chi connectivity index (χ0n) is 9.63. The minimum atomic E-state index is -0.332. The SMILES string of the molecule is Cc1[nH]ncc1C(=O)NCc1cc(F)ccc1Br. The molecule has 4 nitrogen and oxygen atoms in total. The number of aryl methyl sites for hydroxylation is 1. The van der Waals surface area contributed by atoms with E-state index in [0.29, 0.717) is 16.8 Å². The van der Waals surface area contributed by atoms with Gasteiger partial charge in [-0.05, 0) is 30.7 Å². The molecule has 0 saturated heterocycles. The summed E-state index contributed by atoms with van der Waals surface area (Å²) in [4.78, 5) is 11.8. The lowest BCUT2D eigenvalue weighted by Gasteiger charge is -2.06. The lowest BCUT2D eigenvalue weighted by molar-refractivity contribution is 0.0950. The Morgan fingerprint density at radius 3 is 3.00 bits per heavy atom. The van der Waals surface area contributed by atoms with E-state index in [-0.39, 0.29) is 18.3 Å². The van der Waals surface area contributed by atoms with E-state index >= 15 is 0 Å². The van der Waals surface area contributed by atoms with Gasteiger partial charge in [-0.2, -0.15) is 5.10 Å². The van der Waals surface area contributed by atoms with Crippen LogP contribution in [0.25, 0.3) is 0 Å². The number of aromatic nitrogens is 2. The second kappa shape index (κ2) is 5.30. The van der Waals surface area contributed by atoms with Crippen molar-refractivity contribution >= 4 is 21.8 Å². The Labute approximate surface area is 112 Å². The molecule has 2 rings (SSSR count). The summed E-state index contributed by atoms with van der Waals surface area (Å²) in [6.45, 7) is 2.02. The van der Waals surface area contributed by atoms with Gasteiger partial charge in [-0.25, -0.2) is 4.39 Å². The number of carbonyl (C=O) groups excluding carboxylic acids is 1. The molecule has 0 radical (unpaired) electrons. The molecular weight excluding hydrogens is 301 g/mol. The summed E-state index contributed by atoms with van der Waals surface area (Å²) in [5, 5.41) is 9.18. The van der Waals surface area contributed by atoms with Crippen molar-refractivity contribution in [2.45, 2.75) is 13.5 Å². The first-order valence-corrected chi connectivity index (χ1v) is 6.09. The minimum Gasteiger partial charge on any atom is -0.348 e. The third kappa shape index (κ3) is 2.76. The van der Waals surface area contributed by atoms with Gasteiger partial charge in [0.25, 0.3) is 5.91 Å². The molecule has 1 aromatic carbocycles. The molecule has 0 saturated carbocycles. The number of amides is 1. The van der Waals surface area contributed by atoms with Crippen molar-refractivity contribution in [1.82, 2.24) is 15.5 Å². The first-order chi connectivity index (χ1) is 8.58. The van der Waals surface area contributed by atoms with Crippen LogP contribution in [0.4, 0.5) is 4.39 Å². The van der Waals surface area contributed by atoms with E-state index in [2.05, 4.69) is 31.4 Å². The number of rotatable bonds is 3. The maximum Gasteiger partial charge on any atom is 0.255 e. The van der Waals surface area contributed by atoms with Crippen molar-refractivity contribution in [2.24, 2.45) is 0 Å². The molecule has 0 aliphatic carbocycles. The summed E-state index contributed by atoms with van der Waals surface area (Å²) in [6, 6.07) is 4.35. The fraction of sp³-hybridized carbons (Fsp3) is 0.167. The molecule has 18 heavy (non-hydrogen) atoms. The van der Waals surface area contributed by atoms with E-state index in [1.54, 1.807) is 13.0 Å². The highest BCUT2D eigenvalue weighted by atomic mass is 79.9. The predicted molar refractivity (Wildman–Crippen MR) is 68.6 cm³/mol. The molecule has 2 N–H and O–H groups in total. The predicted octanol–water partition coefficient (Wildman–Crippen LogP) is 2.55. The van der Waals surface area contributed by atoms with Gasteiger partial charge >= 0.3 is 0 Å². The second-order valence-electron chi connectivity index (χ2n) is 3.83. The summed E-state index contributed by atoms with van der Waals surface area (Å²) in [7, 11) is 0. The number of aromatic amines is 1. The largest absolute Gasteiger partial charge is 0.348 e. The molecule has 1 heterocycles. The Morgan fingerprint density at radius 2 is 2.33 bits per heavy atom. The molecule has 1 amide bonds. The number of hydrogen-bond donors (Lipinski definition) is 2. The Bertz CT molecular complexity index is 582. The van der Waals surface area contributed by atoms with Gasteiger partial charge < -0.3 is 5.32 Å². The van der Waals surface area contributed by atoms with E-state index in [1.807, 2.05) is 0 Å². The van der Waals surface area contributed by atoms with E-state index in [9.17, 15) is 9.18 Å². The minimum absolute atomic E-state index is 0.239. The lowest BCUT2D eigenvalue weighted by atomic mass is 10.2. The summed E-state index contributed by atoms with van der Waals surface area (Å²) < 4.78 is 13.8. The molecule has 0 spiro atoms. The standard InChI is InChI=1S/C12H11BrFN3O/c1-7-10(6-16-17-7)12(18)15-5-8-4-9(14)2-3-11(8)13/h2-4,6H,5H2,1H3,(H,15,18)(H,16,17). The topological polar surface area (TPSA) is 57.8 Å². The fourth-order valence-electron chi connectivity index (χ4n) is 1.53. The third-order valence-corrected chi connectivity index (χ3v) is 3.30. The quantitative estimate of drug-likeness (QED) is 0.915. The highest BCUT2D eigenvalue weighted by molar-refractivity contribution is 9.10. The smallest absolute Gasteiger partial charge is 0.255 e. The number of nitrogens with zero attached hydrogens (tertiary/aromatic N) is 1. The molecule has 0 atom stereocenters. The number of carbonyl (C=O) groups is 1. The third-order valence-electron chi connectivity index (χ3n) is 2.52. The van der Waals surface area contributed by atoms with E-state index < -0.39 is 0 Å². The second-order valence-corrected chi connectivity index (χ2v) is 4.68. The maximum absolute atomic E-state index is 13.1. The molecule has 0 fully saturated rings. The van der Waals surface area contributed by atoms with Gasteiger partial charge in [0.2, 0.25) is 0 Å². The monoisotopic (exact) mass is 311 g/mol. The Morgan fingerprint density at radius 1 is 1.56 bits per heavy atom. The van der Waals surface area contributed by atoms with Crippen LogP contribution in [0.3, 0.4) is 0 Å². The molecular formula is C12H11BrFN3O. The van der Waals surface area contributed by atoms with Crippen LogP contribution in [0.15, 0.2) is 28.9 Å². The van der Waals surface area contributed by atoms with Crippen LogP contribution in [0.5, 0.6) is 0 Å². The van der Waals surface area contributed by atoms with Crippen LogP contribution in [0, 0.1) is 12.7 Å². The van der Waals surface area contributed by atoms with Gasteiger partial charge in [-0.1, -0.05) is 15.9 Å².